The summed E-state index contributed by atoms with van der Waals surface area (Å²) in [6.45, 7) is 5.33. The van der Waals surface area contributed by atoms with Gasteiger partial charge in [0.1, 0.15) is 0 Å². The normalized spacial score (nSPS) is 20.6. The van der Waals surface area contributed by atoms with E-state index in [1.54, 1.807) is 12.1 Å². The molecule has 0 radical (unpaired) electrons. The van der Waals surface area contributed by atoms with E-state index in [0.717, 1.165) is 30.4 Å². The Morgan fingerprint density at radius 1 is 1.45 bits per heavy atom. The molecule has 1 N–H and O–H groups in total. The van der Waals surface area contributed by atoms with Gasteiger partial charge < -0.3 is 5.11 Å². The highest BCUT2D eigenvalue weighted by Gasteiger charge is 2.18. The van der Waals surface area contributed by atoms with Crippen LogP contribution in [0.15, 0.2) is 24.3 Å². The first-order chi connectivity index (χ1) is 9.69. The molecule has 0 bridgehead atoms. The summed E-state index contributed by atoms with van der Waals surface area (Å²) in [5, 5.41) is 9.78. The number of likely N-dealkylation sites (tertiary alicyclic amines) is 1. The lowest BCUT2D eigenvalue weighted by Crippen LogP contribution is -2.29. The van der Waals surface area contributed by atoms with Crippen LogP contribution >= 0.6 is 11.8 Å². The molecule has 0 aromatic heterocycles. The van der Waals surface area contributed by atoms with Gasteiger partial charge in [-0.3, -0.25) is 4.90 Å². The van der Waals surface area contributed by atoms with Gasteiger partial charge in [-0.25, -0.2) is 4.79 Å². The highest BCUT2D eigenvalue weighted by molar-refractivity contribution is 7.99. The van der Waals surface area contributed by atoms with E-state index in [9.17, 15) is 4.79 Å². The summed E-state index contributed by atoms with van der Waals surface area (Å²) in [7, 11) is 0. The van der Waals surface area contributed by atoms with Gasteiger partial charge in [-0.2, -0.15) is 11.8 Å². The van der Waals surface area contributed by atoms with Gasteiger partial charge in [0.05, 0.1) is 5.56 Å². The van der Waals surface area contributed by atoms with Crippen LogP contribution in [0.25, 0.3) is 0 Å². The number of benzene rings is 1. The van der Waals surface area contributed by atoms with Crippen molar-refractivity contribution >= 4 is 17.7 Å². The number of carbonyl (C=O) groups is 1. The van der Waals surface area contributed by atoms with Crippen molar-refractivity contribution in [3.63, 3.8) is 0 Å². The average molecular weight is 293 g/mol. The van der Waals surface area contributed by atoms with Gasteiger partial charge >= 0.3 is 5.97 Å². The van der Waals surface area contributed by atoms with Gasteiger partial charge in [0.2, 0.25) is 0 Å². The largest absolute Gasteiger partial charge is 0.478 e. The summed E-state index contributed by atoms with van der Waals surface area (Å²) in [5.74, 6) is 0.328. The second-order valence-corrected chi connectivity index (χ2v) is 6.89. The van der Waals surface area contributed by atoms with Gasteiger partial charge in [-0.1, -0.05) is 25.5 Å². The lowest BCUT2D eigenvalue weighted by atomic mass is 10.1. The summed E-state index contributed by atoms with van der Waals surface area (Å²) >= 11 is 2.05. The fourth-order valence-corrected chi connectivity index (χ4v) is 3.88. The molecule has 1 aliphatic rings. The molecule has 20 heavy (non-hydrogen) atoms. The predicted molar refractivity (Wildman–Crippen MR) is 84.4 cm³/mol. The molecule has 1 aromatic rings. The van der Waals surface area contributed by atoms with Gasteiger partial charge in [-0.05, 0) is 42.8 Å². The van der Waals surface area contributed by atoms with Gasteiger partial charge in [0.15, 0.2) is 0 Å². The van der Waals surface area contributed by atoms with Crippen molar-refractivity contribution in [3.8, 4) is 0 Å². The minimum absolute atomic E-state index is 0.386. The molecule has 0 spiro atoms. The Hall–Kier alpha value is -1.00. The molecule has 1 saturated heterocycles. The average Bonchev–Trinajstić information content (AvgIpc) is 2.65. The molecule has 110 valence electrons. The third kappa shape index (κ3) is 4.53. The predicted octanol–water partition coefficient (Wildman–Crippen LogP) is 3.49. The van der Waals surface area contributed by atoms with Crippen LogP contribution in [0.4, 0.5) is 0 Å². The van der Waals surface area contributed by atoms with E-state index in [0.29, 0.717) is 5.56 Å². The molecule has 2 rings (SSSR count). The molecule has 0 saturated carbocycles. The van der Waals surface area contributed by atoms with Crippen LogP contribution < -0.4 is 0 Å². The number of nitrogens with zero attached hydrogens (tertiary/aromatic N) is 1. The Labute approximate surface area is 125 Å². The molecular weight excluding hydrogens is 270 g/mol. The quantitative estimate of drug-likeness (QED) is 0.902. The molecule has 0 amide bonds. The van der Waals surface area contributed by atoms with Crippen molar-refractivity contribution in [1.29, 1.82) is 0 Å². The highest BCUT2D eigenvalue weighted by Crippen LogP contribution is 2.23. The number of carboxylic acid groups (broad SMARTS) is 1. The number of thioether (sulfide) groups is 1. The van der Waals surface area contributed by atoms with Crippen molar-refractivity contribution in [2.45, 2.75) is 38.0 Å². The van der Waals surface area contributed by atoms with Crippen LogP contribution in [0, 0.1) is 0 Å². The number of aromatic carboxylic acids is 1. The van der Waals surface area contributed by atoms with E-state index in [2.05, 4.69) is 23.6 Å². The zero-order valence-electron chi connectivity index (χ0n) is 12.0. The Morgan fingerprint density at radius 3 is 3.05 bits per heavy atom. The molecule has 1 atom stereocenters. The number of carboxylic acids is 1. The van der Waals surface area contributed by atoms with Crippen LogP contribution in [0.1, 0.15) is 42.1 Å². The maximum Gasteiger partial charge on any atom is 0.335 e. The third-order valence-electron chi connectivity index (χ3n) is 3.69. The smallest absolute Gasteiger partial charge is 0.335 e. The summed E-state index contributed by atoms with van der Waals surface area (Å²) in [5.41, 5.74) is 1.49. The summed E-state index contributed by atoms with van der Waals surface area (Å²) in [4.78, 5) is 13.5. The zero-order valence-corrected chi connectivity index (χ0v) is 12.9. The number of rotatable bonds is 5. The Kier molecular flexibility index (Phi) is 5.92. The molecule has 3 nitrogen and oxygen atoms in total. The Morgan fingerprint density at radius 2 is 2.30 bits per heavy atom. The maximum atomic E-state index is 11.0. The third-order valence-corrected chi connectivity index (χ3v) is 4.88. The van der Waals surface area contributed by atoms with Crippen LogP contribution in [0.2, 0.25) is 0 Å². The fourth-order valence-electron chi connectivity index (χ4n) is 2.75. The summed E-state index contributed by atoms with van der Waals surface area (Å²) in [6.07, 6.45) is 3.87. The van der Waals surface area contributed by atoms with Gasteiger partial charge in [0, 0.05) is 18.3 Å². The Balaban J connectivity index is 2.00. The Bertz CT molecular complexity index is 450. The van der Waals surface area contributed by atoms with Crippen LogP contribution in [0.3, 0.4) is 0 Å². The molecular formula is C16H23NO2S. The number of hydrogen-bond donors (Lipinski definition) is 1. The SMILES string of the molecule is CCSC1CCCCN(Cc2cccc(C(=O)O)c2)C1. The van der Waals surface area contributed by atoms with E-state index in [1.807, 2.05) is 12.1 Å². The van der Waals surface area contributed by atoms with Gasteiger partial charge in [-0.15, -0.1) is 0 Å². The monoisotopic (exact) mass is 293 g/mol. The van der Waals surface area contributed by atoms with Crippen LogP contribution in [-0.2, 0) is 6.54 Å². The molecule has 1 aliphatic heterocycles. The van der Waals surface area contributed by atoms with Crippen molar-refractivity contribution in [3.05, 3.63) is 35.4 Å². The topological polar surface area (TPSA) is 40.5 Å². The molecule has 1 aromatic carbocycles. The first kappa shape index (κ1) is 15.4. The number of hydrogen-bond acceptors (Lipinski definition) is 3. The first-order valence-electron chi connectivity index (χ1n) is 7.35. The second-order valence-electron chi connectivity index (χ2n) is 5.31. The van der Waals surface area contributed by atoms with E-state index < -0.39 is 5.97 Å². The lowest BCUT2D eigenvalue weighted by Gasteiger charge is -2.24. The summed E-state index contributed by atoms with van der Waals surface area (Å²) in [6, 6.07) is 7.33. The van der Waals surface area contributed by atoms with Crippen LogP contribution in [-0.4, -0.2) is 40.1 Å². The minimum atomic E-state index is -0.845. The van der Waals surface area contributed by atoms with Crippen molar-refractivity contribution in [1.82, 2.24) is 4.90 Å². The fraction of sp³-hybridized carbons (Fsp3) is 0.562. The molecule has 0 aliphatic carbocycles. The van der Waals surface area contributed by atoms with Crippen molar-refractivity contribution in [2.24, 2.45) is 0 Å². The van der Waals surface area contributed by atoms with E-state index in [4.69, 9.17) is 5.11 Å². The lowest BCUT2D eigenvalue weighted by molar-refractivity contribution is 0.0696. The molecule has 1 heterocycles. The van der Waals surface area contributed by atoms with E-state index in [-0.39, 0.29) is 0 Å². The maximum absolute atomic E-state index is 11.0. The standard InChI is InChI=1S/C16H23NO2S/c1-2-20-15-8-3-4-9-17(12-15)11-13-6-5-7-14(10-13)16(18)19/h5-7,10,15H,2-4,8-9,11-12H2,1H3,(H,18,19). The first-order valence-corrected chi connectivity index (χ1v) is 8.40. The molecule has 1 unspecified atom stereocenters. The van der Waals surface area contributed by atoms with Gasteiger partial charge in [0.25, 0.3) is 0 Å². The second kappa shape index (κ2) is 7.70. The molecule has 1 fully saturated rings. The molecule has 4 heteroatoms. The van der Waals surface area contributed by atoms with Crippen molar-refractivity contribution < 1.29 is 9.90 Å². The minimum Gasteiger partial charge on any atom is -0.478 e. The van der Waals surface area contributed by atoms with Crippen LogP contribution in [0.5, 0.6) is 0 Å². The highest BCUT2D eigenvalue weighted by atomic mass is 32.2. The summed E-state index contributed by atoms with van der Waals surface area (Å²) < 4.78 is 0. The zero-order chi connectivity index (χ0) is 14.4. The van der Waals surface area contributed by atoms with Crippen molar-refractivity contribution in [2.75, 3.05) is 18.8 Å². The van der Waals surface area contributed by atoms with E-state index >= 15 is 0 Å². The van der Waals surface area contributed by atoms with E-state index in [1.165, 1.54) is 25.0 Å².